The molecule has 5 rings (SSSR count). The predicted octanol–water partition coefficient (Wildman–Crippen LogP) is 5.03. The van der Waals surface area contributed by atoms with Crippen LogP contribution in [0.3, 0.4) is 0 Å². The van der Waals surface area contributed by atoms with Crippen LogP contribution in [0.15, 0.2) is 68.4 Å². The molecule has 2 aromatic heterocycles. The van der Waals surface area contributed by atoms with Crippen molar-refractivity contribution in [3.8, 4) is 17.3 Å². The van der Waals surface area contributed by atoms with E-state index in [0.29, 0.717) is 23.3 Å². The van der Waals surface area contributed by atoms with E-state index < -0.39 is 0 Å². The number of fused-ring (bicyclic) bond motifs is 2. The number of furan rings is 1. The highest BCUT2D eigenvalue weighted by Crippen LogP contribution is 2.32. The maximum atomic E-state index is 13.3. The summed E-state index contributed by atoms with van der Waals surface area (Å²) in [4.78, 5) is 28.1. The first-order valence-electron chi connectivity index (χ1n) is 10.7. The van der Waals surface area contributed by atoms with Crippen LogP contribution in [-0.2, 0) is 11.2 Å². The lowest BCUT2D eigenvalue weighted by Crippen LogP contribution is -2.39. The molecule has 0 atom stereocenters. The third kappa shape index (κ3) is 3.47. The molecule has 0 unspecified atom stereocenters. The van der Waals surface area contributed by atoms with Crippen LogP contribution in [0.25, 0.3) is 22.5 Å². The van der Waals surface area contributed by atoms with Crippen LogP contribution in [0.1, 0.15) is 23.1 Å². The molecule has 0 saturated carbocycles. The fourth-order valence-electron chi connectivity index (χ4n) is 4.14. The maximum absolute atomic E-state index is 13.3. The lowest BCUT2D eigenvalue weighted by Gasteiger charge is -2.29. The monoisotopic (exact) mass is 429 g/mol. The van der Waals surface area contributed by atoms with Crippen molar-refractivity contribution >= 4 is 22.6 Å². The van der Waals surface area contributed by atoms with Gasteiger partial charge in [0.15, 0.2) is 12.4 Å². The van der Waals surface area contributed by atoms with Gasteiger partial charge in [-0.05, 0) is 73.7 Å². The number of ether oxygens (including phenoxy) is 1. The summed E-state index contributed by atoms with van der Waals surface area (Å²) in [6.45, 7) is 4.24. The van der Waals surface area contributed by atoms with Gasteiger partial charge in [-0.25, -0.2) is 0 Å². The highest BCUT2D eigenvalue weighted by molar-refractivity contribution is 5.95. The van der Waals surface area contributed by atoms with E-state index in [1.54, 1.807) is 23.1 Å². The van der Waals surface area contributed by atoms with E-state index in [-0.39, 0.29) is 29.5 Å². The Labute approximate surface area is 185 Å². The minimum Gasteiger partial charge on any atom is -0.476 e. The van der Waals surface area contributed by atoms with E-state index in [2.05, 4.69) is 0 Å². The number of nitrogens with zero attached hydrogens (tertiary/aromatic N) is 1. The second kappa shape index (κ2) is 8.04. The van der Waals surface area contributed by atoms with Gasteiger partial charge in [0.25, 0.3) is 5.91 Å². The largest absolute Gasteiger partial charge is 0.476 e. The van der Waals surface area contributed by atoms with Gasteiger partial charge in [-0.1, -0.05) is 18.2 Å². The summed E-state index contributed by atoms with van der Waals surface area (Å²) in [5.74, 6) is 0.326. The van der Waals surface area contributed by atoms with Gasteiger partial charge < -0.3 is 18.5 Å². The lowest BCUT2D eigenvalue weighted by molar-refractivity contribution is -0.120. The van der Waals surface area contributed by atoms with Gasteiger partial charge in [0, 0.05) is 12.2 Å². The van der Waals surface area contributed by atoms with Gasteiger partial charge >= 0.3 is 0 Å². The molecular weight excluding hydrogens is 406 g/mol. The van der Waals surface area contributed by atoms with E-state index in [0.717, 1.165) is 35.2 Å². The number of carbonyl (C=O) groups excluding carboxylic acids is 1. The van der Waals surface area contributed by atoms with E-state index >= 15 is 0 Å². The SMILES string of the molecule is Cc1cc2oc(-c3ccco3)c(OCC(=O)N3CCCc4ccccc43)c(=O)c2cc1C. The average molecular weight is 429 g/mol. The Balaban J connectivity index is 1.52. The Hall–Kier alpha value is -3.80. The fourth-order valence-corrected chi connectivity index (χ4v) is 4.14. The van der Waals surface area contributed by atoms with Crippen molar-refractivity contribution in [3.63, 3.8) is 0 Å². The number of anilines is 1. The molecule has 6 heteroatoms. The van der Waals surface area contributed by atoms with Crippen molar-refractivity contribution in [2.45, 2.75) is 26.7 Å². The molecule has 0 spiro atoms. The predicted molar refractivity (Wildman–Crippen MR) is 122 cm³/mol. The molecule has 0 aliphatic carbocycles. The number of carbonyl (C=O) groups is 1. The Morgan fingerprint density at radius 3 is 2.72 bits per heavy atom. The van der Waals surface area contributed by atoms with Crippen LogP contribution in [0, 0.1) is 13.8 Å². The van der Waals surface area contributed by atoms with Crippen molar-refractivity contribution < 1.29 is 18.4 Å². The Morgan fingerprint density at radius 2 is 1.91 bits per heavy atom. The summed E-state index contributed by atoms with van der Waals surface area (Å²) in [6, 6.07) is 14.9. The van der Waals surface area contributed by atoms with Crippen LogP contribution in [0.2, 0.25) is 0 Å². The Kier molecular flexibility index (Phi) is 5.05. The van der Waals surface area contributed by atoms with Gasteiger partial charge in [-0.3, -0.25) is 9.59 Å². The average Bonchev–Trinajstić information content (AvgIpc) is 3.34. The van der Waals surface area contributed by atoms with Crippen molar-refractivity contribution in [1.29, 1.82) is 0 Å². The first-order valence-corrected chi connectivity index (χ1v) is 10.7. The Morgan fingerprint density at radius 1 is 1.09 bits per heavy atom. The van der Waals surface area contributed by atoms with Crippen molar-refractivity contribution in [2.24, 2.45) is 0 Å². The van der Waals surface area contributed by atoms with Crippen molar-refractivity contribution in [3.05, 3.63) is 81.7 Å². The number of hydrogen-bond donors (Lipinski definition) is 0. The zero-order chi connectivity index (χ0) is 22.2. The summed E-state index contributed by atoms with van der Waals surface area (Å²) in [5.41, 5.74) is 4.15. The van der Waals surface area contributed by atoms with Gasteiger partial charge in [0.1, 0.15) is 5.58 Å². The van der Waals surface area contributed by atoms with Gasteiger partial charge in [-0.2, -0.15) is 0 Å². The molecule has 1 aliphatic rings. The van der Waals surface area contributed by atoms with E-state index in [1.807, 2.05) is 44.2 Å². The standard InChI is InChI=1S/C26H23NO5/c1-16-13-19-22(14-17(16)2)32-25(21-10-6-12-30-21)26(24(19)29)31-15-23(28)27-11-5-8-18-7-3-4-9-20(18)27/h3-4,6-7,9-10,12-14H,5,8,11,15H2,1-2H3. The second-order valence-electron chi connectivity index (χ2n) is 8.07. The Bertz CT molecular complexity index is 1370. The highest BCUT2D eigenvalue weighted by Gasteiger charge is 2.25. The molecule has 162 valence electrons. The molecule has 0 bridgehead atoms. The van der Waals surface area contributed by atoms with Gasteiger partial charge in [0.2, 0.25) is 16.9 Å². The first kappa shape index (κ1) is 20.1. The van der Waals surface area contributed by atoms with Crippen LogP contribution in [0.4, 0.5) is 5.69 Å². The number of hydrogen-bond acceptors (Lipinski definition) is 5. The molecular formula is C26H23NO5. The number of benzene rings is 2. The minimum absolute atomic E-state index is 0.0191. The second-order valence-corrected chi connectivity index (χ2v) is 8.07. The van der Waals surface area contributed by atoms with Crippen molar-refractivity contribution in [2.75, 3.05) is 18.1 Å². The zero-order valence-corrected chi connectivity index (χ0v) is 18.0. The third-order valence-corrected chi connectivity index (χ3v) is 5.96. The van der Waals surface area contributed by atoms with Gasteiger partial charge in [-0.15, -0.1) is 0 Å². The summed E-state index contributed by atoms with van der Waals surface area (Å²) >= 11 is 0. The zero-order valence-electron chi connectivity index (χ0n) is 18.0. The molecule has 1 aliphatic heterocycles. The van der Waals surface area contributed by atoms with Crippen LogP contribution >= 0.6 is 0 Å². The summed E-state index contributed by atoms with van der Waals surface area (Å²) in [5, 5.41) is 0.411. The number of aryl methyl sites for hydroxylation is 3. The number of para-hydroxylation sites is 1. The lowest BCUT2D eigenvalue weighted by atomic mass is 10.0. The van der Waals surface area contributed by atoms with Gasteiger partial charge in [0.05, 0.1) is 11.6 Å². The third-order valence-electron chi connectivity index (χ3n) is 5.96. The molecule has 1 amide bonds. The van der Waals surface area contributed by atoms with Crippen molar-refractivity contribution in [1.82, 2.24) is 0 Å². The smallest absolute Gasteiger partial charge is 0.264 e. The summed E-state index contributed by atoms with van der Waals surface area (Å²) in [7, 11) is 0. The molecule has 3 heterocycles. The number of rotatable bonds is 4. The molecule has 6 nitrogen and oxygen atoms in total. The van der Waals surface area contributed by atoms with Crippen LogP contribution in [0.5, 0.6) is 5.75 Å². The van der Waals surface area contributed by atoms with E-state index in [4.69, 9.17) is 13.6 Å². The normalized spacial score (nSPS) is 13.2. The fraction of sp³-hybridized carbons (Fsp3) is 0.231. The summed E-state index contributed by atoms with van der Waals surface area (Å²) < 4.78 is 17.4. The molecule has 2 aromatic carbocycles. The molecule has 32 heavy (non-hydrogen) atoms. The summed E-state index contributed by atoms with van der Waals surface area (Å²) in [6.07, 6.45) is 3.33. The first-order chi connectivity index (χ1) is 15.5. The highest BCUT2D eigenvalue weighted by atomic mass is 16.5. The van der Waals surface area contributed by atoms with E-state index in [1.165, 1.54) is 6.26 Å². The van der Waals surface area contributed by atoms with E-state index in [9.17, 15) is 9.59 Å². The molecule has 0 fully saturated rings. The number of amides is 1. The van der Waals surface area contributed by atoms with Crippen LogP contribution in [-0.4, -0.2) is 19.1 Å². The molecule has 0 N–H and O–H groups in total. The maximum Gasteiger partial charge on any atom is 0.264 e. The quantitative estimate of drug-likeness (QED) is 0.455. The van der Waals surface area contributed by atoms with Crippen LogP contribution < -0.4 is 15.1 Å². The minimum atomic E-state index is -0.326. The molecule has 0 saturated heterocycles. The molecule has 4 aromatic rings. The molecule has 0 radical (unpaired) electrons. The topological polar surface area (TPSA) is 72.9 Å².